The van der Waals surface area contributed by atoms with E-state index in [-0.39, 0.29) is 0 Å². The molecule has 0 amide bonds. The van der Waals surface area contributed by atoms with Gasteiger partial charge in [-0.25, -0.2) is 19.9 Å². The lowest BCUT2D eigenvalue weighted by molar-refractivity contribution is 0.669. The molecular weight excluding hydrogens is 633 g/mol. The second-order valence-electron chi connectivity index (χ2n) is 12.3. The minimum absolute atomic E-state index is 0.602. The first-order chi connectivity index (χ1) is 24.7. The Morgan fingerprint density at radius 2 is 1.02 bits per heavy atom. The molecule has 0 bridgehead atoms. The molecule has 7 aromatic carbocycles. The Hall–Kier alpha value is -6.50. The van der Waals surface area contributed by atoms with E-state index in [1.165, 1.54) is 5.39 Å². The smallest absolute Gasteiger partial charge is 0.164 e. The van der Waals surface area contributed by atoms with Crippen molar-refractivity contribution in [2.24, 2.45) is 0 Å². The summed E-state index contributed by atoms with van der Waals surface area (Å²) >= 11 is 1.69. The number of furan rings is 1. The van der Waals surface area contributed by atoms with E-state index in [1.54, 1.807) is 11.3 Å². The van der Waals surface area contributed by atoms with Crippen LogP contribution in [0.25, 0.3) is 98.8 Å². The Kier molecular flexibility index (Phi) is 6.60. The summed E-state index contributed by atoms with van der Waals surface area (Å²) < 4.78 is 7.47. The summed E-state index contributed by atoms with van der Waals surface area (Å²) in [7, 11) is 0. The summed E-state index contributed by atoms with van der Waals surface area (Å²) in [5.41, 5.74) is 8.69. The summed E-state index contributed by atoms with van der Waals surface area (Å²) in [5, 5.41) is 5.35. The minimum atomic E-state index is 0.602. The van der Waals surface area contributed by atoms with E-state index in [4.69, 9.17) is 24.4 Å². The molecule has 5 nitrogen and oxygen atoms in total. The molecule has 10 rings (SSSR count). The summed E-state index contributed by atoms with van der Waals surface area (Å²) in [6, 6.07) is 54.1. The zero-order valence-electron chi connectivity index (χ0n) is 26.6. The lowest BCUT2D eigenvalue weighted by Crippen LogP contribution is -2.00. The molecule has 50 heavy (non-hydrogen) atoms. The maximum Gasteiger partial charge on any atom is 0.164 e. The fourth-order valence-corrected chi connectivity index (χ4v) is 7.68. The standard InChI is InChI=1S/C44H26N4OS/c1-4-12-27(13-5-1)34-24-32(22-30-18-10-11-19-33(30)34)43-47-41(28-14-6-2-7-15-28)46-42(48-43)31-20-21-38-35(23-31)36-25-40-37(26-39(36)49-38)45-44(50-40)29-16-8-3-9-17-29/h1-26H. The molecule has 0 aliphatic carbocycles. The third-order valence-electron chi connectivity index (χ3n) is 9.13. The first kappa shape index (κ1) is 28.5. The SMILES string of the molecule is c1ccc(-c2nc(-c3cc(-c4ccccc4)c4ccccc4c3)nc(-c3ccc4oc5cc6nc(-c7ccccc7)sc6cc5c4c3)n2)cc1. The molecule has 0 unspecified atom stereocenters. The molecule has 10 aromatic rings. The quantitative estimate of drug-likeness (QED) is 0.184. The van der Waals surface area contributed by atoms with E-state index in [1.807, 2.05) is 72.8 Å². The molecule has 0 spiro atoms. The number of thiazole rings is 1. The van der Waals surface area contributed by atoms with Crippen molar-refractivity contribution in [3.63, 3.8) is 0 Å². The predicted molar refractivity (Wildman–Crippen MR) is 205 cm³/mol. The average Bonchev–Trinajstić information content (AvgIpc) is 3.77. The third-order valence-corrected chi connectivity index (χ3v) is 10.2. The largest absolute Gasteiger partial charge is 0.456 e. The highest BCUT2D eigenvalue weighted by atomic mass is 32.1. The van der Waals surface area contributed by atoms with Crippen molar-refractivity contribution in [1.82, 2.24) is 19.9 Å². The van der Waals surface area contributed by atoms with Crippen molar-refractivity contribution >= 4 is 54.3 Å². The van der Waals surface area contributed by atoms with Crippen LogP contribution in [-0.4, -0.2) is 19.9 Å². The lowest BCUT2D eigenvalue weighted by atomic mass is 9.95. The zero-order chi connectivity index (χ0) is 33.0. The van der Waals surface area contributed by atoms with Crippen molar-refractivity contribution in [1.29, 1.82) is 0 Å². The highest BCUT2D eigenvalue weighted by molar-refractivity contribution is 7.21. The van der Waals surface area contributed by atoms with Gasteiger partial charge >= 0.3 is 0 Å². The molecule has 3 aromatic heterocycles. The van der Waals surface area contributed by atoms with Gasteiger partial charge in [0.25, 0.3) is 0 Å². The van der Waals surface area contributed by atoms with Crippen LogP contribution in [0.2, 0.25) is 0 Å². The van der Waals surface area contributed by atoms with Gasteiger partial charge in [0.2, 0.25) is 0 Å². The second kappa shape index (κ2) is 11.6. The molecule has 3 heterocycles. The molecular formula is C44H26N4OS. The Morgan fingerprint density at radius 1 is 0.400 bits per heavy atom. The van der Waals surface area contributed by atoms with Crippen molar-refractivity contribution < 1.29 is 4.42 Å². The van der Waals surface area contributed by atoms with E-state index in [0.717, 1.165) is 75.9 Å². The number of benzene rings is 7. The van der Waals surface area contributed by atoms with Crippen LogP contribution in [0, 0.1) is 0 Å². The number of fused-ring (bicyclic) bond motifs is 5. The van der Waals surface area contributed by atoms with Crippen molar-refractivity contribution in [2.75, 3.05) is 0 Å². The van der Waals surface area contributed by atoms with E-state index in [9.17, 15) is 0 Å². The van der Waals surface area contributed by atoms with Crippen molar-refractivity contribution in [3.05, 3.63) is 158 Å². The Morgan fingerprint density at radius 3 is 1.78 bits per heavy atom. The average molecular weight is 659 g/mol. The minimum Gasteiger partial charge on any atom is -0.456 e. The Balaban J connectivity index is 1.15. The highest BCUT2D eigenvalue weighted by Crippen LogP contribution is 2.39. The van der Waals surface area contributed by atoms with Gasteiger partial charge in [0, 0.05) is 39.1 Å². The molecule has 0 aliphatic heterocycles. The fourth-order valence-electron chi connectivity index (χ4n) is 6.69. The lowest BCUT2D eigenvalue weighted by Gasteiger charge is -2.12. The topological polar surface area (TPSA) is 64.7 Å². The summed E-state index contributed by atoms with van der Waals surface area (Å²) in [6.07, 6.45) is 0. The third kappa shape index (κ3) is 4.93. The predicted octanol–water partition coefficient (Wildman–Crippen LogP) is 11.9. The van der Waals surface area contributed by atoms with Crippen molar-refractivity contribution in [3.8, 4) is 55.9 Å². The molecule has 0 N–H and O–H groups in total. The van der Waals surface area contributed by atoms with Gasteiger partial charge in [-0.15, -0.1) is 11.3 Å². The molecule has 0 saturated carbocycles. The maximum absolute atomic E-state index is 6.36. The highest BCUT2D eigenvalue weighted by Gasteiger charge is 2.17. The summed E-state index contributed by atoms with van der Waals surface area (Å²) in [4.78, 5) is 20.2. The van der Waals surface area contributed by atoms with Crippen LogP contribution in [0.1, 0.15) is 0 Å². The van der Waals surface area contributed by atoms with Gasteiger partial charge in [0.1, 0.15) is 16.2 Å². The van der Waals surface area contributed by atoms with Crippen LogP contribution in [0.5, 0.6) is 0 Å². The van der Waals surface area contributed by atoms with Gasteiger partial charge < -0.3 is 4.42 Å². The number of rotatable bonds is 5. The van der Waals surface area contributed by atoms with Crippen LogP contribution >= 0.6 is 11.3 Å². The van der Waals surface area contributed by atoms with Crippen LogP contribution in [0.15, 0.2) is 162 Å². The molecule has 0 aliphatic rings. The number of hydrogen-bond acceptors (Lipinski definition) is 6. The molecule has 0 fully saturated rings. The summed E-state index contributed by atoms with van der Waals surface area (Å²) in [5.74, 6) is 1.84. The number of hydrogen-bond donors (Lipinski definition) is 0. The van der Waals surface area contributed by atoms with Crippen LogP contribution in [0.3, 0.4) is 0 Å². The Bertz CT molecular complexity index is 2860. The molecule has 0 saturated heterocycles. The van der Waals surface area contributed by atoms with Crippen LogP contribution < -0.4 is 0 Å². The van der Waals surface area contributed by atoms with Gasteiger partial charge in [-0.2, -0.15) is 0 Å². The first-order valence-electron chi connectivity index (χ1n) is 16.5. The van der Waals surface area contributed by atoms with Crippen molar-refractivity contribution in [2.45, 2.75) is 0 Å². The molecule has 234 valence electrons. The van der Waals surface area contributed by atoms with E-state index in [2.05, 4.69) is 84.9 Å². The Labute approximate surface area is 291 Å². The molecule has 6 heteroatoms. The van der Waals surface area contributed by atoms with Gasteiger partial charge in [-0.1, -0.05) is 115 Å². The van der Waals surface area contributed by atoms with Gasteiger partial charge in [0.15, 0.2) is 17.5 Å². The van der Waals surface area contributed by atoms with E-state index >= 15 is 0 Å². The fraction of sp³-hybridized carbons (Fsp3) is 0. The first-order valence-corrected chi connectivity index (χ1v) is 17.3. The number of nitrogens with zero attached hydrogens (tertiary/aromatic N) is 4. The van der Waals surface area contributed by atoms with Gasteiger partial charge in [0.05, 0.1) is 10.2 Å². The summed E-state index contributed by atoms with van der Waals surface area (Å²) in [6.45, 7) is 0. The number of aromatic nitrogens is 4. The second-order valence-corrected chi connectivity index (χ2v) is 13.3. The van der Waals surface area contributed by atoms with E-state index in [0.29, 0.717) is 17.5 Å². The van der Waals surface area contributed by atoms with Gasteiger partial charge in [-0.3, -0.25) is 0 Å². The monoisotopic (exact) mass is 658 g/mol. The van der Waals surface area contributed by atoms with Crippen LogP contribution in [-0.2, 0) is 0 Å². The normalized spacial score (nSPS) is 11.6. The van der Waals surface area contributed by atoms with Gasteiger partial charge in [-0.05, 0) is 58.3 Å². The molecule has 0 radical (unpaired) electrons. The molecule has 0 atom stereocenters. The maximum atomic E-state index is 6.36. The zero-order valence-corrected chi connectivity index (χ0v) is 27.4. The van der Waals surface area contributed by atoms with E-state index < -0.39 is 0 Å². The van der Waals surface area contributed by atoms with Crippen LogP contribution in [0.4, 0.5) is 0 Å².